The number of aromatic hydroxyl groups is 1. The molecule has 0 radical (unpaired) electrons. The van der Waals surface area contributed by atoms with Crippen LogP contribution < -0.4 is 5.48 Å². The van der Waals surface area contributed by atoms with E-state index >= 15 is 0 Å². The van der Waals surface area contributed by atoms with Gasteiger partial charge < -0.3 is 10.3 Å². The van der Waals surface area contributed by atoms with Gasteiger partial charge in [-0.1, -0.05) is 6.07 Å². The molecule has 0 saturated carbocycles. The second-order valence-electron chi connectivity index (χ2n) is 2.52. The first-order chi connectivity index (χ1) is 5.66. The summed E-state index contributed by atoms with van der Waals surface area (Å²) in [6.07, 6.45) is 0. The lowest BCUT2D eigenvalue weighted by atomic mass is 10.1. The van der Waals surface area contributed by atoms with Gasteiger partial charge in [-0.25, -0.2) is 5.48 Å². The molecule has 0 atom stereocenters. The van der Waals surface area contributed by atoms with Crippen molar-refractivity contribution in [2.24, 2.45) is 0 Å². The highest BCUT2D eigenvalue weighted by atomic mass is 79.9. The topological polar surface area (TPSA) is 52.5 Å². The fraction of sp³-hybridized carbons (Fsp3) is 0.250. The van der Waals surface area contributed by atoms with E-state index in [0.29, 0.717) is 11.0 Å². The van der Waals surface area contributed by atoms with Crippen LogP contribution in [0.15, 0.2) is 16.6 Å². The van der Waals surface area contributed by atoms with Crippen LogP contribution in [0.4, 0.5) is 0 Å². The van der Waals surface area contributed by atoms with Gasteiger partial charge in [-0.3, -0.25) is 0 Å². The van der Waals surface area contributed by atoms with Crippen molar-refractivity contribution in [2.45, 2.75) is 13.5 Å². The van der Waals surface area contributed by atoms with Gasteiger partial charge in [0.2, 0.25) is 0 Å². The zero-order valence-electron chi connectivity index (χ0n) is 6.63. The SMILES string of the molecule is Cc1c(CNO)ccc(O)c1Br. The van der Waals surface area contributed by atoms with Crippen molar-refractivity contribution < 1.29 is 10.3 Å². The van der Waals surface area contributed by atoms with E-state index in [1.165, 1.54) is 0 Å². The standard InChI is InChI=1S/C8H10BrNO2/c1-5-6(4-10-12)2-3-7(11)8(5)9/h2-3,10-12H,4H2,1H3. The molecule has 4 heteroatoms. The molecule has 0 aliphatic heterocycles. The van der Waals surface area contributed by atoms with Crippen molar-refractivity contribution in [1.82, 2.24) is 5.48 Å². The summed E-state index contributed by atoms with van der Waals surface area (Å²) in [5.41, 5.74) is 3.94. The number of hydrogen-bond acceptors (Lipinski definition) is 3. The molecule has 0 spiro atoms. The number of nitrogens with one attached hydrogen (secondary N) is 1. The highest BCUT2D eigenvalue weighted by Crippen LogP contribution is 2.29. The van der Waals surface area contributed by atoms with Crippen LogP contribution in [0.1, 0.15) is 11.1 Å². The van der Waals surface area contributed by atoms with Crippen LogP contribution in [0.25, 0.3) is 0 Å². The second-order valence-corrected chi connectivity index (χ2v) is 3.31. The van der Waals surface area contributed by atoms with Gasteiger partial charge in [-0.15, -0.1) is 0 Å². The Kier molecular flexibility index (Phi) is 3.08. The number of phenolic OH excluding ortho intramolecular Hbond substituents is 1. The molecule has 0 aromatic heterocycles. The number of phenols is 1. The van der Waals surface area contributed by atoms with Gasteiger partial charge in [0.25, 0.3) is 0 Å². The number of halogens is 1. The van der Waals surface area contributed by atoms with Crippen molar-refractivity contribution in [1.29, 1.82) is 0 Å². The maximum atomic E-state index is 9.26. The van der Waals surface area contributed by atoms with Gasteiger partial charge in [0.05, 0.1) is 4.47 Å². The average Bonchev–Trinajstić information content (AvgIpc) is 2.07. The van der Waals surface area contributed by atoms with Crippen LogP contribution in [-0.4, -0.2) is 10.3 Å². The Labute approximate surface area is 79.1 Å². The molecular weight excluding hydrogens is 222 g/mol. The molecule has 0 bridgehead atoms. The normalized spacial score (nSPS) is 10.2. The maximum Gasteiger partial charge on any atom is 0.130 e. The van der Waals surface area contributed by atoms with E-state index < -0.39 is 0 Å². The summed E-state index contributed by atoms with van der Waals surface area (Å²) >= 11 is 3.24. The number of hydrogen-bond donors (Lipinski definition) is 3. The van der Waals surface area contributed by atoms with Crippen molar-refractivity contribution in [3.8, 4) is 5.75 Å². The van der Waals surface area contributed by atoms with E-state index in [1.54, 1.807) is 12.1 Å². The Bertz CT molecular complexity index is 289. The predicted octanol–water partition coefficient (Wildman–Crippen LogP) is 1.94. The van der Waals surface area contributed by atoms with Crippen molar-refractivity contribution in [3.05, 3.63) is 27.7 Å². The summed E-state index contributed by atoms with van der Waals surface area (Å²) < 4.78 is 0.676. The van der Waals surface area contributed by atoms with Gasteiger partial charge in [0, 0.05) is 6.54 Å². The molecule has 0 saturated heterocycles. The molecule has 1 rings (SSSR count). The van der Waals surface area contributed by atoms with E-state index in [-0.39, 0.29) is 5.75 Å². The summed E-state index contributed by atoms with van der Waals surface area (Å²) in [6.45, 7) is 2.25. The lowest BCUT2D eigenvalue weighted by Gasteiger charge is -2.07. The largest absolute Gasteiger partial charge is 0.507 e. The van der Waals surface area contributed by atoms with E-state index in [9.17, 15) is 5.11 Å². The van der Waals surface area contributed by atoms with Crippen LogP contribution >= 0.6 is 15.9 Å². The van der Waals surface area contributed by atoms with Crippen LogP contribution in [-0.2, 0) is 6.54 Å². The van der Waals surface area contributed by atoms with Gasteiger partial charge in [-0.05, 0) is 40.0 Å². The molecule has 66 valence electrons. The fourth-order valence-corrected chi connectivity index (χ4v) is 1.37. The molecule has 0 aliphatic carbocycles. The molecule has 0 amide bonds. The van der Waals surface area contributed by atoms with Crippen molar-refractivity contribution in [2.75, 3.05) is 0 Å². The molecule has 12 heavy (non-hydrogen) atoms. The van der Waals surface area contributed by atoms with E-state index in [4.69, 9.17) is 5.21 Å². The first-order valence-corrected chi connectivity index (χ1v) is 4.30. The highest BCUT2D eigenvalue weighted by Gasteiger charge is 2.05. The molecule has 0 unspecified atom stereocenters. The van der Waals surface area contributed by atoms with Crippen molar-refractivity contribution >= 4 is 15.9 Å². The summed E-state index contributed by atoms with van der Waals surface area (Å²) in [5.74, 6) is 0.217. The van der Waals surface area contributed by atoms with Crippen molar-refractivity contribution in [3.63, 3.8) is 0 Å². The minimum atomic E-state index is 0.217. The third kappa shape index (κ3) is 1.77. The first kappa shape index (κ1) is 9.51. The van der Waals surface area contributed by atoms with Crippen LogP contribution in [0.3, 0.4) is 0 Å². The molecule has 1 aromatic carbocycles. The maximum absolute atomic E-state index is 9.26. The highest BCUT2D eigenvalue weighted by molar-refractivity contribution is 9.10. The van der Waals surface area contributed by atoms with Gasteiger partial charge in [0.1, 0.15) is 5.75 Å². The smallest absolute Gasteiger partial charge is 0.130 e. The Morgan fingerprint density at radius 2 is 2.17 bits per heavy atom. The van der Waals surface area contributed by atoms with E-state index in [2.05, 4.69) is 21.4 Å². The molecule has 0 heterocycles. The number of benzene rings is 1. The average molecular weight is 232 g/mol. The summed E-state index contributed by atoms with van der Waals surface area (Å²) in [5, 5.41) is 17.7. The molecule has 0 aliphatic rings. The first-order valence-electron chi connectivity index (χ1n) is 3.50. The zero-order valence-corrected chi connectivity index (χ0v) is 8.22. The summed E-state index contributed by atoms with van der Waals surface area (Å²) in [6, 6.07) is 3.35. The Balaban J connectivity index is 3.08. The van der Waals surface area contributed by atoms with Gasteiger partial charge >= 0.3 is 0 Å². The lowest BCUT2D eigenvalue weighted by molar-refractivity contribution is 0.161. The van der Waals surface area contributed by atoms with Crippen LogP contribution in [0.5, 0.6) is 5.75 Å². The van der Waals surface area contributed by atoms with Crippen LogP contribution in [0.2, 0.25) is 0 Å². The minimum Gasteiger partial charge on any atom is -0.507 e. The number of rotatable bonds is 2. The summed E-state index contributed by atoms with van der Waals surface area (Å²) in [7, 11) is 0. The Hall–Kier alpha value is -0.580. The monoisotopic (exact) mass is 231 g/mol. The number of hydroxylamine groups is 1. The Morgan fingerprint density at radius 3 is 2.75 bits per heavy atom. The predicted molar refractivity (Wildman–Crippen MR) is 49.2 cm³/mol. The third-order valence-corrected chi connectivity index (χ3v) is 2.75. The molecule has 3 N–H and O–H groups in total. The third-order valence-electron chi connectivity index (χ3n) is 1.75. The molecule has 0 fully saturated rings. The minimum absolute atomic E-state index is 0.217. The molecule has 1 aromatic rings. The lowest BCUT2D eigenvalue weighted by Crippen LogP contribution is -2.07. The molecular formula is C8H10BrNO2. The quantitative estimate of drug-likeness (QED) is 0.683. The fourth-order valence-electron chi connectivity index (χ4n) is 0.987. The van der Waals surface area contributed by atoms with E-state index in [0.717, 1.165) is 11.1 Å². The summed E-state index contributed by atoms with van der Waals surface area (Å²) in [4.78, 5) is 0. The second kappa shape index (κ2) is 3.89. The molecule has 3 nitrogen and oxygen atoms in total. The zero-order chi connectivity index (χ0) is 9.14. The van der Waals surface area contributed by atoms with Gasteiger partial charge in [0.15, 0.2) is 0 Å². The van der Waals surface area contributed by atoms with Crippen LogP contribution in [0, 0.1) is 6.92 Å². The Morgan fingerprint density at radius 1 is 1.50 bits per heavy atom. The van der Waals surface area contributed by atoms with E-state index in [1.807, 2.05) is 6.92 Å². The van der Waals surface area contributed by atoms with Gasteiger partial charge in [-0.2, -0.15) is 0 Å².